The van der Waals surface area contributed by atoms with Crippen molar-refractivity contribution in [2.75, 3.05) is 18.2 Å². The molecule has 1 aliphatic carbocycles. The molecule has 0 atom stereocenters. The third kappa shape index (κ3) is 3.37. The van der Waals surface area contributed by atoms with Crippen LogP contribution < -0.4 is 15.8 Å². The van der Waals surface area contributed by atoms with Crippen LogP contribution in [0.15, 0.2) is 18.2 Å². The summed E-state index contributed by atoms with van der Waals surface area (Å²) in [5.41, 5.74) is 6.66. The van der Waals surface area contributed by atoms with Gasteiger partial charge in [0.1, 0.15) is 5.75 Å². The summed E-state index contributed by atoms with van der Waals surface area (Å²) < 4.78 is 31.3. The lowest BCUT2D eigenvalue weighted by molar-refractivity contribution is -0.124. The van der Waals surface area contributed by atoms with Crippen molar-refractivity contribution < 1.29 is 18.3 Å². The number of nitrogen functional groups attached to an aromatic ring is 1. The van der Waals surface area contributed by atoms with Crippen molar-refractivity contribution in [3.8, 4) is 5.75 Å². The van der Waals surface area contributed by atoms with E-state index in [0.29, 0.717) is 17.1 Å². The molecular formula is C14H18F2N2O2. The van der Waals surface area contributed by atoms with E-state index < -0.39 is 5.92 Å². The predicted molar refractivity (Wildman–Crippen MR) is 72.9 cm³/mol. The van der Waals surface area contributed by atoms with Crippen molar-refractivity contribution in [1.82, 2.24) is 0 Å². The quantitative estimate of drug-likeness (QED) is 0.838. The van der Waals surface area contributed by atoms with Gasteiger partial charge in [-0.2, -0.15) is 0 Å². The fourth-order valence-corrected chi connectivity index (χ4v) is 2.35. The van der Waals surface area contributed by atoms with Gasteiger partial charge in [0, 0.05) is 30.5 Å². The normalized spacial score (nSPS) is 18.6. The molecule has 1 amide bonds. The predicted octanol–water partition coefficient (Wildman–Crippen LogP) is 3.04. The molecule has 3 N–H and O–H groups in total. The van der Waals surface area contributed by atoms with E-state index in [1.807, 2.05) is 0 Å². The summed E-state index contributed by atoms with van der Waals surface area (Å²) in [7, 11) is 1.48. The molecule has 110 valence electrons. The molecule has 0 heterocycles. The highest BCUT2D eigenvalue weighted by Crippen LogP contribution is 2.37. The largest absolute Gasteiger partial charge is 0.494 e. The van der Waals surface area contributed by atoms with Gasteiger partial charge in [0.2, 0.25) is 11.8 Å². The fourth-order valence-electron chi connectivity index (χ4n) is 2.35. The zero-order valence-corrected chi connectivity index (χ0v) is 11.3. The molecule has 4 nitrogen and oxygen atoms in total. The Morgan fingerprint density at radius 1 is 1.40 bits per heavy atom. The van der Waals surface area contributed by atoms with Crippen LogP contribution in [0.25, 0.3) is 0 Å². The van der Waals surface area contributed by atoms with Gasteiger partial charge in [-0.3, -0.25) is 4.79 Å². The highest BCUT2D eigenvalue weighted by Gasteiger charge is 2.37. The van der Waals surface area contributed by atoms with Crippen molar-refractivity contribution >= 4 is 17.3 Å². The van der Waals surface area contributed by atoms with Crippen molar-refractivity contribution in [2.45, 2.75) is 31.6 Å². The lowest BCUT2D eigenvalue weighted by atomic mass is 9.86. The average Bonchev–Trinajstić information content (AvgIpc) is 2.40. The van der Waals surface area contributed by atoms with Crippen LogP contribution in [0, 0.1) is 5.92 Å². The highest BCUT2D eigenvalue weighted by molar-refractivity contribution is 5.94. The Bertz CT molecular complexity index is 496. The lowest BCUT2D eigenvalue weighted by Gasteiger charge is -2.27. The molecule has 0 saturated heterocycles. The Labute approximate surface area is 116 Å². The van der Waals surface area contributed by atoms with E-state index in [4.69, 9.17) is 10.5 Å². The second-order valence-electron chi connectivity index (χ2n) is 5.08. The number of ether oxygens (including phenoxy) is 1. The molecule has 6 heteroatoms. The Kier molecular flexibility index (Phi) is 4.11. The Balaban J connectivity index is 2.02. The molecule has 1 fully saturated rings. The number of methoxy groups -OCH3 is 1. The van der Waals surface area contributed by atoms with Gasteiger partial charge in [0.15, 0.2) is 0 Å². The van der Waals surface area contributed by atoms with Gasteiger partial charge in [-0.05, 0) is 25.0 Å². The van der Waals surface area contributed by atoms with Gasteiger partial charge >= 0.3 is 0 Å². The van der Waals surface area contributed by atoms with Crippen LogP contribution in [0.5, 0.6) is 5.75 Å². The van der Waals surface area contributed by atoms with Crippen LogP contribution >= 0.6 is 0 Å². The molecule has 1 aromatic rings. The first-order valence-electron chi connectivity index (χ1n) is 6.53. The van der Waals surface area contributed by atoms with Gasteiger partial charge < -0.3 is 15.8 Å². The van der Waals surface area contributed by atoms with Gasteiger partial charge in [-0.15, -0.1) is 0 Å². The number of nitrogens with two attached hydrogens (primary N) is 1. The first-order chi connectivity index (χ1) is 9.41. The number of hydrogen-bond acceptors (Lipinski definition) is 3. The minimum atomic E-state index is -2.63. The summed E-state index contributed by atoms with van der Waals surface area (Å²) in [6.45, 7) is 0. The van der Waals surface area contributed by atoms with Gasteiger partial charge in [-0.25, -0.2) is 8.78 Å². The van der Waals surface area contributed by atoms with E-state index in [9.17, 15) is 13.6 Å². The zero-order chi connectivity index (χ0) is 14.8. The number of nitrogens with one attached hydrogen (secondary N) is 1. The first kappa shape index (κ1) is 14.6. The Hall–Kier alpha value is -1.85. The molecule has 0 aliphatic heterocycles. The minimum absolute atomic E-state index is 0.204. The number of anilines is 2. The van der Waals surface area contributed by atoms with E-state index in [2.05, 4.69) is 5.32 Å². The number of amides is 1. The molecule has 2 rings (SSSR count). The van der Waals surface area contributed by atoms with E-state index in [0.717, 1.165) is 0 Å². The second-order valence-corrected chi connectivity index (χ2v) is 5.08. The second kappa shape index (κ2) is 5.64. The Morgan fingerprint density at radius 3 is 2.65 bits per heavy atom. The van der Waals surface area contributed by atoms with E-state index in [1.54, 1.807) is 18.2 Å². The van der Waals surface area contributed by atoms with Crippen LogP contribution in [0.1, 0.15) is 25.7 Å². The van der Waals surface area contributed by atoms with E-state index in [-0.39, 0.29) is 37.5 Å². The summed E-state index contributed by atoms with van der Waals surface area (Å²) in [5, 5.41) is 2.72. The number of benzene rings is 1. The van der Waals surface area contributed by atoms with Crippen LogP contribution in [-0.4, -0.2) is 18.9 Å². The minimum Gasteiger partial charge on any atom is -0.494 e. The molecule has 1 saturated carbocycles. The maximum atomic E-state index is 13.1. The van der Waals surface area contributed by atoms with Gasteiger partial charge in [0.25, 0.3) is 0 Å². The summed E-state index contributed by atoms with van der Waals surface area (Å²) >= 11 is 0. The molecule has 1 aromatic carbocycles. The number of alkyl halides is 2. The maximum absolute atomic E-state index is 13.1. The van der Waals surface area contributed by atoms with Crippen molar-refractivity contribution in [1.29, 1.82) is 0 Å². The van der Waals surface area contributed by atoms with Gasteiger partial charge in [0.05, 0.1) is 12.8 Å². The van der Waals surface area contributed by atoms with Crippen molar-refractivity contribution in [3.05, 3.63) is 18.2 Å². The third-order valence-corrected chi connectivity index (χ3v) is 3.57. The van der Waals surface area contributed by atoms with Crippen molar-refractivity contribution in [2.24, 2.45) is 5.92 Å². The monoisotopic (exact) mass is 284 g/mol. The zero-order valence-electron chi connectivity index (χ0n) is 11.3. The Morgan fingerprint density at radius 2 is 2.05 bits per heavy atom. The number of halogens is 2. The van der Waals surface area contributed by atoms with E-state index in [1.165, 1.54) is 7.11 Å². The summed E-state index contributed by atoms with van der Waals surface area (Å²) in [4.78, 5) is 12.1. The smallest absolute Gasteiger partial charge is 0.248 e. The summed E-state index contributed by atoms with van der Waals surface area (Å²) in [5.74, 6) is -2.80. The maximum Gasteiger partial charge on any atom is 0.248 e. The van der Waals surface area contributed by atoms with Crippen LogP contribution in [0.3, 0.4) is 0 Å². The molecule has 0 spiro atoms. The SMILES string of the molecule is COc1cc(N)ccc1NC(=O)C1CCC(F)(F)CC1. The van der Waals surface area contributed by atoms with Crippen LogP contribution in [0.2, 0.25) is 0 Å². The molecular weight excluding hydrogens is 266 g/mol. The summed E-state index contributed by atoms with van der Waals surface area (Å²) in [6, 6.07) is 4.89. The van der Waals surface area contributed by atoms with Crippen molar-refractivity contribution in [3.63, 3.8) is 0 Å². The molecule has 0 unspecified atom stereocenters. The van der Waals surface area contributed by atoms with Gasteiger partial charge in [-0.1, -0.05) is 0 Å². The standard InChI is InChI=1S/C14H18F2N2O2/c1-20-12-8-10(17)2-3-11(12)18-13(19)9-4-6-14(15,16)7-5-9/h2-3,8-9H,4-7,17H2,1H3,(H,18,19). The highest BCUT2D eigenvalue weighted by atomic mass is 19.3. The van der Waals surface area contributed by atoms with Crippen LogP contribution in [-0.2, 0) is 4.79 Å². The number of rotatable bonds is 3. The van der Waals surface area contributed by atoms with Crippen LogP contribution in [0.4, 0.5) is 20.2 Å². The molecule has 0 bridgehead atoms. The van der Waals surface area contributed by atoms with E-state index >= 15 is 0 Å². The first-order valence-corrected chi connectivity index (χ1v) is 6.53. The number of hydrogen-bond donors (Lipinski definition) is 2. The fraction of sp³-hybridized carbons (Fsp3) is 0.500. The summed E-state index contributed by atoms with van der Waals surface area (Å²) in [6.07, 6.45) is -0.0554. The lowest BCUT2D eigenvalue weighted by Crippen LogP contribution is -2.31. The number of carbonyl (C=O) groups excluding carboxylic acids is 1. The third-order valence-electron chi connectivity index (χ3n) is 3.57. The average molecular weight is 284 g/mol. The molecule has 0 radical (unpaired) electrons. The molecule has 20 heavy (non-hydrogen) atoms. The number of carbonyl (C=O) groups is 1. The molecule has 0 aromatic heterocycles. The molecule has 1 aliphatic rings. The topological polar surface area (TPSA) is 64.3 Å².